The first-order valence-electron chi connectivity index (χ1n) is 6.39. The summed E-state index contributed by atoms with van der Waals surface area (Å²) in [5.41, 5.74) is 2.71. The van der Waals surface area contributed by atoms with E-state index in [9.17, 15) is 4.39 Å². The molecule has 1 aromatic carbocycles. The molecule has 1 fully saturated rings. The molecule has 1 aliphatic heterocycles. The first-order valence-corrected chi connectivity index (χ1v) is 6.39. The molecule has 3 rings (SSSR count). The molecule has 0 N–H and O–H groups in total. The van der Waals surface area contributed by atoms with Gasteiger partial charge in [0.05, 0.1) is 12.7 Å². The van der Waals surface area contributed by atoms with Gasteiger partial charge in [0.25, 0.3) is 0 Å². The first-order chi connectivity index (χ1) is 8.40. The summed E-state index contributed by atoms with van der Waals surface area (Å²) in [6.07, 6.45) is 2.32. The Morgan fingerprint density at radius 3 is 3.12 bits per heavy atom. The Morgan fingerprint density at radius 1 is 1.35 bits per heavy atom. The fourth-order valence-corrected chi connectivity index (χ4v) is 3.13. The summed E-state index contributed by atoms with van der Waals surface area (Å²) >= 11 is 0. The number of hydrogen-bond donors (Lipinski definition) is 0. The Bertz CT molecular complexity index is 394. The lowest BCUT2D eigenvalue weighted by Crippen LogP contribution is -2.49. The van der Waals surface area contributed by atoms with E-state index in [4.69, 9.17) is 4.74 Å². The molecule has 2 aliphatic rings. The minimum Gasteiger partial charge on any atom is -0.371 e. The summed E-state index contributed by atoms with van der Waals surface area (Å²) in [6.45, 7) is 1.88. The molecule has 2 nitrogen and oxygen atoms in total. The number of alkyl halides is 1. The van der Waals surface area contributed by atoms with Crippen LogP contribution in [0, 0.1) is 0 Å². The average Bonchev–Trinajstić information content (AvgIpc) is 2.39. The van der Waals surface area contributed by atoms with Gasteiger partial charge in [-0.15, -0.1) is 0 Å². The molecule has 0 saturated carbocycles. The van der Waals surface area contributed by atoms with Crippen molar-refractivity contribution in [1.82, 2.24) is 4.90 Å². The number of ether oxygens (including phenoxy) is 1. The monoisotopic (exact) mass is 235 g/mol. The lowest BCUT2D eigenvalue weighted by Gasteiger charge is -2.44. The molecular formula is C14H18FNO. The predicted molar refractivity (Wildman–Crippen MR) is 64.8 cm³/mol. The molecule has 1 heterocycles. The zero-order valence-electron chi connectivity index (χ0n) is 9.94. The quantitative estimate of drug-likeness (QED) is 0.780. The van der Waals surface area contributed by atoms with Crippen LogP contribution in [0.1, 0.15) is 23.7 Å². The minimum absolute atomic E-state index is 0.153. The average molecular weight is 235 g/mol. The maximum atomic E-state index is 12.5. The van der Waals surface area contributed by atoms with Gasteiger partial charge >= 0.3 is 0 Å². The second-order valence-corrected chi connectivity index (χ2v) is 4.82. The van der Waals surface area contributed by atoms with Crippen LogP contribution in [0.5, 0.6) is 0 Å². The van der Waals surface area contributed by atoms with Crippen LogP contribution in [0.15, 0.2) is 24.3 Å². The summed E-state index contributed by atoms with van der Waals surface area (Å²) in [4.78, 5) is 2.25. The second kappa shape index (κ2) is 4.75. The van der Waals surface area contributed by atoms with Crippen LogP contribution in [-0.2, 0) is 11.2 Å². The highest BCUT2D eigenvalue weighted by Crippen LogP contribution is 2.37. The fourth-order valence-electron chi connectivity index (χ4n) is 3.13. The molecule has 0 bridgehead atoms. The van der Waals surface area contributed by atoms with Crippen molar-refractivity contribution >= 4 is 0 Å². The number of benzene rings is 1. The highest BCUT2D eigenvalue weighted by molar-refractivity contribution is 5.33. The van der Waals surface area contributed by atoms with Crippen LogP contribution < -0.4 is 0 Å². The molecule has 0 amide bonds. The molecule has 1 saturated heterocycles. The van der Waals surface area contributed by atoms with Crippen LogP contribution >= 0.6 is 0 Å². The van der Waals surface area contributed by atoms with Gasteiger partial charge in [0, 0.05) is 19.1 Å². The van der Waals surface area contributed by atoms with Gasteiger partial charge in [0.1, 0.15) is 6.67 Å². The molecule has 92 valence electrons. The van der Waals surface area contributed by atoms with Gasteiger partial charge in [0.15, 0.2) is 0 Å². The molecule has 17 heavy (non-hydrogen) atoms. The standard InChI is InChI=1S/C14H18FNO/c15-7-8-16-9-10-17-14-12-4-2-1-3-11(12)5-6-13(14)16/h1-4,13-14H,5-10H2/t13-,14-/m1/s1. The highest BCUT2D eigenvalue weighted by Gasteiger charge is 2.36. The highest BCUT2D eigenvalue weighted by atomic mass is 19.1. The Kier molecular flexibility index (Phi) is 3.12. The van der Waals surface area contributed by atoms with Gasteiger partial charge < -0.3 is 4.74 Å². The number of aryl methyl sites for hydroxylation is 1. The molecule has 2 atom stereocenters. The molecule has 1 aromatic rings. The molecule has 0 radical (unpaired) electrons. The van der Waals surface area contributed by atoms with E-state index in [1.165, 1.54) is 11.1 Å². The molecule has 3 heteroatoms. The summed E-state index contributed by atoms with van der Waals surface area (Å²) in [5, 5.41) is 0. The van der Waals surface area contributed by atoms with Crippen molar-refractivity contribution in [3.8, 4) is 0 Å². The van der Waals surface area contributed by atoms with Crippen molar-refractivity contribution in [3.05, 3.63) is 35.4 Å². The van der Waals surface area contributed by atoms with E-state index >= 15 is 0 Å². The van der Waals surface area contributed by atoms with Gasteiger partial charge in [-0.05, 0) is 24.0 Å². The zero-order chi connectivity index (χ0) is 11.7. The van der Waals surface area contributed by atoms with Gasteiger partial charge in [-0.25, -0.2) is 4.39 Å². The van der Waals surface area contributed by atoms with Crippen molar-refractivity contribution < 1.29 is 9.13 Å². The maximum absolute atomic E-state index is 12.5. The first kappa shape index (κ1) is 11.2. The van der Waals surface area contributed by atoms with Crippen LogP contribution in [0.25, 0.3) is 0 Å². The number of rotatable bonds is 2. The van der Waals surface area contributed by atoms with Crippen molar-refractivity contribution in [2.45, 2.75) is 25.0 Å². The minimum atomic E-state index is -0.259. The van der Waals surface area contributed by atoms with Crippen LogP contribution in [0.2, 0.25) is 0 Å². The summed E-state index contributed by atoms with van der Waals surface area (Å²) in [6, 6.07) is 8.86. The lowest BCUT2D eigenvalue weighted by atomic mass is 9.84. The summed E-state index contributed by atoms with van der Waals surface area (Å²) < 4.78 is 18.5. The van der Waals surface area contributed by atoms with E-state index in [-0.39, 0.29) is 12.8 Å². The van der Waals surface area contributed by atoms with Gasteiger partial charge in [-0.2, -0.15) is 0 Å². The zero-order valence-corrected chi connectivity index (χ0v) is 9.94. The Labute approximate surface area is 101 Å². The Morgan fingerprint density at radius 2 is 2.24 bits per heavy atom. The third-order valence-electron chi connectivity index (χ3n) is 3.94. The van der Waals surface area contributed by atoms with Gasteiger partial charge in [-0.3, -0.25) is 4.90 Å². The molecule has 0 spiro atoms. The van der Waals surface area contributed by atoms with Crippen molar-refractivity contribution in [2.75, 3.05) is 26.4 Å². The fraction of sp³-hybridized carbons (Fsp3) is 0.571. The molecular weight excluding hydrogens is 217 g/mol. The summed E-state index contributed by atoms with van der Waals surface area (Å²) in [7, 11) is 0. The van der Waals surface area contributed by atoms with E-state index in [0.717, 1.165) is 26.0 Å². The van der Waals surface area contributed by atoms with Gasteiger partial charge in [0.2, 0.25) is 0 Å². The van der Waals surface area contributed by atoms with E-state index in [1.807, 2.05) is 0 Å². The number of fused-ring (bicyclic) bond motifs is 3. The molecule has 0 unspecified atom stereocenters. The molecule has 0 aromatic heterocycles. The van der Waals surface area contributed by atoms with Crippen molar-refractivity contribution in [3.63, 3.8) is 0 Å². The van der Waals surface area contributed by atoms with E-state index in [2.05, 4.69) is 29.2 Å². The predicted octanol–water partition coefficient (Wildman–Crippen LogP) is 2.34. The maximum Gasteiger partial charge on any atom is 0.102 e. The second-order valence-electron chi connectivity index (χ2n) is 4.82. The third kappa shape index (κ3) is 1.98. The van der Waals surface area contributed by atoms with E-state index in [1.54, 1.807) is 0 Å². The van der Waals surface area contributed by atoms with Crippen molar-refractivity contribution in [1.29, 1.82) is 0 Å². The normalized spacial score (nSPS) is 28.5. The number of hydrogen-bond acceptors (Lipinski definition) is 2. The van der Waals surface area contributed by atoms with Crippen LogP contribution in [0.4, 0.5) is 4.39 Å². The van der Waals surface area contributed by atoms with Crippen LogP contribution in [-0.4, -0.2) is 37.3 Å². The van der Waals surface area contributed by atoms with Crippen molar-refractivity contribution in [2.24, 2.45) is 0 Å². The van der Waals surface area contributed by atoms with E-state index < -0.39 is 0 Å². The topological polar surface area (TPSA) is 12.5 Å². The third-order valence-corrected chi connectivity index (χ3v) is 3.94. The lowest BCUT2D eigenvalue weighted by molar-refractivity contribution is -0.0813. The Hall–Kier alpha value is -0.930. The SMILES string of the molecule is FCCN1CCO[C@@H]2c3ccccc3CC[C@H]21. The van der Waals surface area contributed by atoms with Crippen LogP contribution in [0.3, 0.4) is 0 Å². The molecule has 1 aliphatic carbocycles. The smallest absolute Gasteiger partial charge is 0.102 e. The Balaban J connectivity index is 1.88. The largest absolute Gasteiger partial charge is 0.371 e. The summed E-state index contributed by atoms with van der Waals surface area (Å²) in [5.74, 6) is 0. The van der Waals surface area contributed by atoms with Gasteiger partial charge in [-0.1, -0.05) is 24.3 Å². The van der Waals surface area contributed by atoms with E-state index in [0.29, 0.717) is 12.6 Å². The number of nitrogens with zero attached hydrogens (tertiary/aromatic N) is 1. The number of halogens is 1. The number of morpholine rings is 1.